The Hall–Kier alpha value is -0.350. The first-order valence-corrected chi connectivity index (χ1v) is 5.56. The Kier molecular flexibility index (Phi) is 3.29. The van der Waals surface area contributed by atoms with E-state index in [2.05, 4.69) is 11.9 Å². The summed E-state index contributed by atoms with van der Waals surface area (Å²) in [5, 5.41) is 0. The van der Waals surface area contributed by atoms with Crippen molar-refractivity contribution in [1.29, 1.82) is 0 Å². The van der Waals surface area contributed by atoms with E-state index in [1.165, 1.54) is 11.3 Å². The van der Waals surface area contributed by atoms with Gasteiger partial charge in [0.1, 0.15) is 0 Å². The van der Waals surface area contributed by atoms with Gasteiger partial charge in [-0.05, 0) is 12.7 Å². The highest BCUT2D eigenvalue weighted by Gasteiger charge is 2.10. The first kappa shape index (κ1) is 9.74. The average molecular weight is 201 g/mol. The number of thiazole rings is 1. The topological polar surface area (TPSA) is 30.0 Å². The number of hydrogen-bond donors (Lipinski definition) is 0. The molecule has 0 unspecified atom stereocenters. The van der Waals surface area contributed by atoms with E-state index in [1.54, 1.807) is 18.7 Å². The molecule has 1 aromatic rings. The number of thioether (sulfide) groups is 1. The predicted octanol–water partition coefficient (Wildman–Crippen LogP) is 2.77. The van der Waals surface area contributed by atoms with Gasteiger partial charge in [0.05, 0.1) is 10.6 Å². The molecule has 0 fully saturated rings. The molecule has 0 aliphatic carbocycles. The lowest BCUT2D eigenvalue weighted by Gasteiger charge is -1.86. The van der Waals surface area contributed by atoms with Gasteiger partial charge in [-0.2, -0.15) is 0 Å². The van der Waals surface area contributed by atoms with Crippen LogP contribution in [-0.4, -0.2) is 16.5 Å². The van der Waals surface area contributed by atoms with Crippen LogP contribution in [0.15, 0.2) is 4.34 Å². The van der Waals surface area contributed by atoms with Crippen LogP contribution in [-0.2, 0) is 0 Å². The number of hydrogen-bond acceptors (Lipinski definition) is 4. The molecule has 4 heteroatoms. The highest BCUT2D eigenvalue weighted by molar-refractivity contribution is 8.01. The Bertz CT molecular complexity index is 293. The number of Topliss-reactive ketones (excluding diaryl/α,β-unsaturated/α-hetero) is 1. The first-order chi connectivity index (χ1) is 5.65. The van der Waals surface area contributed by atoms with Crippen LogP contribution in [0.4, 0.5) is 0 Å². The number of carbonyl (C=O) groups excluding carboxylic acids is 1. The van der Waals surface area contributed by atoms with Crippen molar-refractivity contribution in [1.82, 2.24) is 4.98 Å². The minimum absolute atomic E-state index is 0.118. The van der Waals surface area contributed by atoms with Crippen molar-refractivity contribution in [3.8, 4) is 0 Å². The molecule has 0 saturated carbocycles. The molecule has 0 saturated heterocycles. The second-order valence-corrected chi connectivity index (χ2v) is 4.89. The lowest BCUT2D eigenvalue weighted by atomic mass is 10.3. The Morgan fingerprint density at radius 1 is 1.67 bits per heavy atom. The Morgan fingerprint density at radius 2 is 2.33 bits per heavy atom. The molecular weight excluding hydrogens is 190 g/mol. The summed E-state index contributed by atoms with van der Waals surface area (Å²) in [6.45, 7) is 5.54. The lowest BCUT2D eigenvalue weighted by molar-refractivity contribution is 0.102. The van der Waals surface area contributed by atoms with Crippen LogP contribution in [0.3, 0.4) is 0 Å². The molecular formula is C8H11NOS2. The molecule has 0 aliphatic rings. The molecule has 0 amide bonds. The molecule has 0 bridgehead atoms. The lowest BCUT2D eigenvalue weighted by Crippen LogP contribution is -1.89. The van der Waals surface area contributed by atoms with Crippen molar-refractivity contribution >= 4 is 28.9 Å². The van der Waals surface area contributed by atoms with Crippen LogP contribution in [0, 0.1) is 6.92 Å². The molecule has 0 N–H and O–H groups in total. The van der Waals surface area contributed by atoms with Crippen LogP contribution < -0.4 is 0 Å². The van der Waals surface area contributed by atoms with E-state index in [9.17, 15) is 4.79 Å². The smallest absolute Gasteiger partial charge is 0.171 e. The van der Waals surface area contributed by atoms with Gasteiger partial charge in [0, 0.05) is 6.92 Å². The van der Waals surface area contributed by atoms with Gasteiger partial charge in [0.25, 0.3) is 0 Å². The van der Waals surface area contributed by atoms with Crippen LogP contribution in [0.25, 0.3) is 0 Å². The number of aromatic nitrogens is 1. The zero-order chi connectivity index (χ0) is 9.14. The molecule has 1 rings (SSSR count). The second kappa shape index (κ2) is 4.05. The van der Waals surface area contributed by atoms with Gasteiger partial charge < -0.3 is 0 Å². The third kappa shape index (κ3) is 2.08. The number of carbonyl (C=O) groups is 1. The largest absolute Gasteiger partial charge is 0.294 e. The third-order valence-corrected chi connectivity index (χ3v) is 3.65. The Morgan fingerprint density at radius 3 is 2.75 bits per heavy atom. The summed E-state index contributed by atoms with van der Waals surface area (Å²) in [7, 11) is 0. The standard InChI is InChI=1S/C8H11NOS2/c1-4-11-8-9-5(2)7(12-8)6(3)10/h4H2,1-3H3. The average Bonchev–Trinajstić information content (AvgIpc) is 2.32. The van der Waals surface area contributed by atoms with Gasteiger partial charge in [-0.1, -0.05) is 18.7 Å². The van der Waals surface area contributed by atoms with E-state index < -0.39 is 0 Å². The van der Waals surface area contributed by atoms with Gasteiger partial charge in [-0.25, -0.2) is 4.98 Å². The van der Waals surface area contributed by atoms with Crippen molar-refractivity contribution in [3.05, 3.63) is 10.6 Å². The highest BCUT2D eigenvalue weighted by Crippen LogP contribution is 2.26. The summed E-state index contributed by atoms with van der Waals surface area (Å²) in [5.74, 6) is 1.12. The van der Waals surface area contributed by atoms with Gasteiger partial charge in [0.15, 0.2) is 10.1 Å². The maximum Gasteiger partial charge on any atom is 0.171 e. The van der Waals surface area contributed by atoms with Gasteiger partial charge in [-0.15, -0.1) is 11.3 Å². The van der Waals surface area contributed by atoms with E-state index in [0.29, 0.717) is 0 Å². The predicted molar refractivity (Wildman–Crippen MR) is 53.3 cm³/mol. The number of ketones is 1. The van der Waals surface area contributed by atoms with Gasteiger partial charge >= 0.3 is 0 Å². The zero-order valence-electron chi connectivity index (χ0n) is 7.38. The molecule has 0 aromatic carbocycles. The molecule has 1 heterocycles. The summed E-state index contributed by atoms with van der Waals surface area (Å²) >= 11 is 3.18. The number of aryl methyl sites for hydroxylation is 1. The Balaban J connectivity index is 2.92. The zero-order valence-corrected chi connectivity index (χ0v) is 9.01. The van der Waals surface area contributed by atoms with E-state index in [0.717, 1.165) is 20.7 Å². The number of nitrogens with zero attached hydrogens (tertiary/aromatic N) is 1. The highest BCUT2D eigenvalue weighted by atomic mass is 32.2. The van der Waals surface area contributed by atoms with Crippen molar-refractivity contribution in [2.75, 3.05) is 5.75 Å². The van der Waals surface area contributed by atoms with Crippen molar-refractivity contribution in [2.45, 2.75) is 25.1 Å². The minimum atomic E-state index is 0.118. The van der Waals surface area contributed by atoms with E-state index in [1.807, 2.05) is 6.92 Å². The SMILES string of the molecule is CCSc1nc(C)c(C(C)=O)s1. The van der Waals surface area contributed by atoms with E-state index in [4.69, 9.17) is 0 Å². The summed E-state index contributed by atoms with van der Waals surface area (Å²) in [6.07, 6.45) is 0. The van der Waals surface area contributed by atoms with Crippen LogP contribution in [0.5, 0.6) is 0 Å². The van der Waals surface area contributed by atoms with Crippen LogP contribution in [0.1, 0.15) is 29.2 Å². The maximum atomic E-state index is 11.0. The molecule has 0 radical (unpaired) electrons. The fourth-order valence-corrected chi connectivity index (χ4v) is 2.87. The molecule has 12 heavy (non-hydrogen) atoms. The first-order valence-electron chi connectivity index (χ1n) is 3.76. The fourth-order valence-electron chi connectivity index (χ4n) is 0.884. The minimum Gasteiger partial charge on any atom is -0.294 e. The summed E-state index contributed by atoms with van der Waals surface area (Å²) in [6, 6.07) is 0. The normalized spacial score (nSPS) is 10.2. The number of rotatable bonds is 3. The Labute approximate surface area is 80.4 Å². The summed E-state index contributed by atoms with van der Waals surface area (Å²) in [5.41, 5.74) is 0.864. The second-order valence-electron chi connectivity index (χ2n) is 2.38. The van der Waals surface area contributed by atoms with Crippen LogP contribution in [0.2, 0.25) is 0 Å². The molecule has 66 valence electrons. The summed E-state index contributed by atoms with van der Waals surface area (Å²) in [4.78, 5) is 16.1. The van der Waals surface area contributed by atoms with Crippen molar-refractivity contribution in [3.63, 3.8) is 0 Å². The molecule has 2 nitrogen and oxygen atoms in total. The van der Waals surface area contributed by atoms with Crippen LogP contribution >= 0.6 is 23.1 Å². The van der Waals surface area contributed by atoms with E-state index >= 15 is 0 Å². The molecule has 0 atom stereocenters. The summed E-state index contributed by atoms with van der Waals surface area (Å²) < 4.78 is 1.00. The van der Waals surface area contributed by atoms with Gasteiger partial charge in [0.2, 0.25) is 0 Å². The third-order valence-electron chi connectivity index (χ3n) is 1.36. The van der Waals surface area contributed by atoms with Crippen molar-refractivity contribution in [2.24, 2.45) is 0 Å². The quantitative estimate of drug-likeness (QED) is 0.556. The monoisotopic (exact) mass is 201 g/mol. The molecule has 0 aliphatic heterocycles. The maximum absolute atomic E-state index is 11.0. The van der Waals surface area contributed by atoms with Crippen molar-refractivity contribution < 1.29 is 4.79 Å². The molecule has 1 aromatic heterocycles. The molecule has 0 spiro atoms. The van der Waals surface area contributed by atoms with Gasteiger partial charge in [-0.3, -0.25) is 4.79 Å². The van der Waals surface area contributed by atoms with E-state index in [-0.39, 0.29) is 5.78 Å². The fraction of sp³-hybridized carbons (Fsp3) is 0.500.